The lowest BCUT2D eigenvalue weighted by Crippen LogP contribution is -2.21. The second-order valence-electron chi connectivity index (χ2n) is 2.82. The SMILES string of the molecule is CC(=O)Cn1nnc(C([N+](=O)[O-])[N+](=O)[O-])n1. The summed E-state index contributed by atoms with van der Waals surface area (Å²) in [6.45, 7) is 1.01. The van der Waals surface area contributed by atoms with Crippen LogP contribution in [-0.4, -0.2) is 35.8 Å². The van der Waals surface area contributed by atoms with Gasteiger partial charge in [0.25, 0.3) is 0 Å². The largest absolute Gasteiger partial charge is 0.513 e. The fraction of sp³-hybridized carbons (Fsp3) is 0.600. The maximum absolute atomic E-state index is 10.7. The maximum Gasteiger partial charge on any atom is 0.513 e. The molecule has 0 amide bonds. The van der Waals surface area contributed by atoms with Crippen LogP contribution in [0.25, 0.3) is 0 Å². The average Bonchev–Trinajstić information content (AvgIpc) is 2.50. The quantitative estimate of drug-likeness (QED) is 0.348. The molecule has 11 nitrogen and oxygen atoms in total. The van der Waals surface area contributed by atoms with E-state index in [-0.39, 0.29) is 12.3 Å². The maximum atomic E-state index is 10.7. The minimum atomic E-state index is -2.26. The van der Waals surface area contributed by atoms with E-state index in [1.165, 1.54) is 6.92 Å². The van der Waals surface area contributed by atoms with Crippen LogP contribution >= 0.6 is 0 Å². The predicted octanol–water partition coefficient (Wildman–Crippen LogP) is -1.19. The Bertz CT molecular complexity index is 426. The van der Waals surface area contributed by atoms with E-state index in [1.54, 1.807) is 0 Å². The molecule has 1 aromatic rings. The number of carbonyl (C=O) groups excluding carboxylic acids is 1. The minimum Gasteiger partial charge on any atom is -0.298 e. The molecule has 1 rings (SSSR count). The molecule has 0 unspecified atom stereocenters. The Labute approximate surface area is 87.3 Å². The highest BCUT2D eigenvalue weighted by atomic mass is 16.7. The van der Waals surface area contributed by atoms with Crippen LogP contribution in [0.1, 0.15) is 18.9 Å². The Morgan fingerprint density at radius 3 is 2.44 bits per heavy atom. The van der Waals surface area contributed by atoms with Crippen molar-refractivity contribution in [2.75, 3.05) is 0 Å². The zero-order valence-corrected chi connectivity index (χ0v) is 8.01. The van der Waals surface area contributed by atoms with Crippen LogP contribution in [-0.2, 0) is 11.3 Å². The van der Waals surface area contributed by atoms with Crippen molar-refractivity contribution >= 4 is 5.78 Å². The Morgan fingerprint density at radius 2 is 2.00 bits per heavy atom. The van der Waals surface area contributed by atoms with Gasteiger partial charge in [-0.25, -0.2) is 0 Å². The number of hydrogen-bond donors (Lipinski definition) is 0. The lowest BCUT2D eigenvalue weighted by molar-refractivity contribution is -0.754. The van der Waals surface area contributed by atoms with Crippen molar-refractivity contribution in [1.82, 2.24) is 20.2 Å². The van der Waals surface area contributed by atoms with Gasteiger partial charge in [-0.15, -0.1) is 5.10 Å². The van der Waals surface area contributed by atoms with Crippen molar-refractivity contribution in [3.63, 3.8) is 0 Å². The van der Waals surface area contributed by atoms with Crippen molar-refractivity contribution in [2.45, 2.75) is 19.6 Å². The molecule has 0 saturated heterocycles. The highest BCUT2D eigenvalue weighted by molar-refractivity contribution is 5.74. The van der Waals surface area contributed by atoms with Gasteiger partial charge in [-0.2, -0.15) is 4.80 Å². The van der Waals surface area contributed by atoms with Gasteiger partial charge in [0.15, 0.2) is 5.78 Å². The zero-order valence-electron chi connectivity index (χ0n) is 8.01. The summed E-state index contributed by atoms with van der Waals surface area (Å²) in [7, 11) is 0. The van der Waals surface area contributed by atoms with Crippen LogP contribution in [0, 0.1) is 20.2 Å². The highest BCUT2D eigenvalue weighted by Crippen LogP contribution is 2.10. The third kappa shape index (κ3) is 2.52. The number of ketones is 1. The number of Topliss-reactive ketones (excluding diaryl/α,β-unsaturated/α-hetero) is 1. The van der Waals surface area contributed by atoms with E-state index in [0.717, 1.165) is 4.80 Å². The predicted molar refractivity (Wildman–Crippen MR) is 45.2 cm³/mol. The molecule has 0 aliphatic rings. The van der Waals surface area contributed by atoms with Crippen molar-refractivity contribution in [3.05, 3.63) is 26.1 Å². The van der Waals surface area contributed by atoms with Gasteiger partial charge in [0.1, 0.15) is 16.4 Å². The molecular formula is C5H6N6O5. The molecule has 0 fully saturated rings. The fourth-order valence-electron chi connectivity index (χ4n) is 0.891. The molecule has 0 N–H and O–H groups in total. The summed E-state index contributed by atoms with van der Waals surface area (Å²) in [5, 5.41) is 30.5. The average molecular weight is 230 g/mol. The second-order valence-corrected chi connectivity index (χ2v) is 2.82. The molecule has 0 saturated carbocycles. The van der Waals surface area contributed by atoms with Gasteiger partial charge < -0.3 is 0 Å². The van der Waals surface area contributed by atoms with E-state index in [1.807, 2.05) is 0 Å². The first-order chi connectivity index (χ1) is 7.41. The zero-order chi connectivity index (χ0) is 12.3. The van der Waals surface area contributed by atoms with Crippen molar-refractivity contribution in [2.24, 2.45) is 0 Å². The summed E-state index contributed by atoms with van der Waals surface area (Å²) in [4.78, 5) is 29.8. The summed E-state index contributed by atoms with van der Waals surface area (Å²) in [5.41, 5.74) is 0. The van der Waals surface area contributed by atoms with Gasteiger partial charge in [-0.3, -0.25) is 25.0 Å². The molecular weight excluding hydrogens is 224 g/mol. The van der Waals surface area contributed by atoms with Crippen molar-refractivity contribution in [1.29, 1.82) is 0 Å². The molecule has 0 atom stereocenters. The minimum absolute atomic E-state index is 0.241. The summed E-state index contributed by atoms with van der Waals surface area (Å²) in [5.74, 6) is -0.959. The van der Waals surface area contributed by atoms with E-state index >= 15 is 0 Å². The lowest BCUT2D eigenvalue weighted by Gasteiger charge is -1.95. The van der Waals surface area contributed by atoms with E-state index in [0.29, 0.717) is 0 Å². The fourth-order valence-corrected chi connectivity index (χ4v) is 0.891. The van der Waals surface area contributed by atoms with Crippen LogP contribution in [0.5, 0.6) is 0 Å². The molecule has 0 bridgehead atoms. The summed E-state index contributed by atoms with van der Waals surface area (Å²) in [6, 6.07) is 0. The van der Waals surface area contributed by atoms with E-state index in [4.69, 9.17) is 0 Å². The Morgan fingerprint density at radius 1 is 1.44 bits per heavy atom. The number of carbonyl (C=O) groups is 1. The molecule has 0 aliphatic heterocycles. The third-order valence-corrected chi connectivity index (χ3v) is 1.46. The second kappa shape index (κ2) is 4.37. The Kier molecular flexibility index (Phi) is 3.17. The number of aromatic nitrogens is 4. The standard InChI is InChI=1S/C5H6N6O5/c1-3(12)2-9-7-4(6-8-9)5(10(13)14)11(15)16/h5H,2H2,1H3. The molecule has 1 aromatic heterocycles. The van der Waals surface area contributed by atoms with Crippen LogP contribution < -0.4 is 0 Å². The highest BCUT2D eigenvalue weighted by Gasteiger charge is 2.40. The van der Waals surface area contributed by atoms with Gasteiger partial charge in [-0.1, -0.05) is 5.10 Å². The van der Waals surface area contributed by atoms with Gasteiger partial charge in [0, 0.05) is 0 Å². The molecule has 11 heteroatoms. The molecule has 0 aromatic carbocycles. The lowest BCUT2D eigenvalue weighted by atomic mass is 10.5. The smallest absolute Gasteiger partial charge is 0.298 e. The Balaban J connectivity index is 2.94. The van der Waals surface area contributed by atoms with E-state index < -0.39 is 21.8 Å². The van der Waals surface area contributed by atoms with Crippen molar-refractivity contribution < 1.29 is 14.6 Å². The molecule has 0 radical (unpaired) electrons. The van der Waals surface area contributed by atoms with E-state index in [2.05, 4.69) is 15.4 Å². The van der Waals surface area contributed by atoms with E-state index in [9.17, 15) is 25.0 Å². The van der Waals surface area contributed by atoms with Crippen LogP contribution in [0.3, 0.4) is 0 Å². The number of tetrazole rings is 1. The van der Waals surface area contributed by atoms with Crippen LogP contribution in [0.2, 0.25) is 0 Å². The molecule has 16 heavy (non-hydrogen) atoms. The number of hydrogen-bond acceptors (Lipinski definition) is 8. The third-order valence-electron chi connectivity index (χ3n) is 1.46. The molecule has 1 heterocycles. The van der Waals surface area contributed by atoms with Crippen molar-refractivity contribution in [3.8, 4) is 0 Å². The molecule has 0 spiro atoms. The summed E-state index contributed by atoms with van der Waals surface area (Å²) < 4.78 is 0. The number of nitro groups is 2. The van der Waals surface area contributed by atoms with Gasteiger partial charge in [0.2, 0.25) is 0 Å². The first-order valence-electron chi connectivity index (χ1n) is 3.96. The monoisotopic (exact) mass is 230 g/mol. The van der Waals surface area contributed by atoms with Crippen LogP contribution in [0.15, 0.2) is 0 Å². The number of nitrogens with zero attached hydrogens (tertiary/aromatic N) is 6. The van der Waals surface area contributed by atoms with Gasteiger partial charge >= 0.3 is 12.0 Å². The Hall–Kier alpha value is -2.46. The van der Waals surface area contributed by atoms with Gasteiger partial charge in [0.05, 0.1) is 0 Å². The first kappa shape index (κ1) is 11.6. The van der Waals surface area contributed by atoms with Crippen LogP contribution in [0.4, 0.5) is 0 Å². The summed E-state index contributed by atoms with van der Waals surface area (Å²) in [6.07, 6.45) is -2.26. The van der Waals surface area contributed by atoms with Gasteiger partial charge in [-0.05, 0) is 12.1 Å². The molecule has 0 aliphatic carbocycles. The normalized spacial score (nSPS) is 10.4. The summed E-state index contributed by atoms with van der Waals surface area (Å²) >= 11 is 0. The first-order valence-corrected chi connectivity index (χ1v) is 3.96. The number of rotatable bonds is 5. The molecule has 86 valence electrons. The topological polar surface area (TPSA) is 147 Å².